The van der Waals surface area contributed by atoms with Gasteiger partial charge in [0.05, 0.1) is 6.61 Å². The average molecular weight is 278 g/mol. The normalized spacial score (nSPS) is 11.3. The monoisotopic (exact) mass is 278 g/mol. The number of halogens is 3. The molecule has 0 radical (unpaired) electrons. The van der Waals surface area contributed by atoms with Crippen LogP contribution in [0.15, 0.2) is 6.07 Å². The zero-order valence-corrected chi connectivity index (χ0v) is 10.4. The maximum absolute atomic E-state index is 12.2. The molecule has 0 amide bonds. The van der Waals surface area contributed by atoms with E-state index >= 15 is 0 Å². The Labute approximate surface area is 107 Å². The molecule has 0 aliphatic carbocycles. The predicted octanol–water partition coefficient (Wildman–Crippen LogP) is 1.92. The van der Waals surface area contributed by atoms with Crippen molar-refractivity contribution in [1.82, 2.24) is 4.98 Å². The Bertz CT molecular complexity index is 475. The van der Waals surface area contributed by atoms with Crippen LogP contribution in [0.25, 0.3) is 0 Å². The number of esters is 1. The Kier molecular flexibility index (Phi) is 4.71. The molecule has 0 saturated carbocycles. The standard InChI is InChI=1S/C11H13F3N2O3/c1-3-18-10(17)8-6(2)4-7(5-15)9(16-8)19-11(12,13)14/h4H,3,5,15H2,1-2H3. The van der Waals surface area contributed by atoms with Crippen LogP contribution in [0.5, 0.6) is 5.88 Å². The number of hydrogen-bond donors (Lipinski definition) is 1. The molecule has 106 valence electrons. The van der Waals surface area contributed by atoms with Gasteiger partial charge in [0.25, 0.3) is 0 Å². The summed E-state index contributed by atoms with van der Waals surface area (Å²) in [6.45, 7) is 3.00. The first-order chi connectivity index (χ1) is 8.78. The summed E-state index contributed by atoms with van der Waals surface area (Å²) in [6.07, 6.45) is -4.90. The number of alkyl halides is 3. The van der Waals surface area contributed by atoms with E-state index in [2.05, 4.69) is 9.72 Å². The summed E-state index contributed by atoms with van der Waals surface area (Å²) in [5.74, 6) is -1.54. The van der Waals surface area contributed by atoms with Crippen molar-refractivity contribution in [3.8, 4) is 5.88 Å². The fraction of sp³-hybridized carbons (Fsp3) is 0.455. The van der Waals surface area contributed by atoms with Crippen molar-refractivity contribution in [1.29, 1.82) is 0 Å². The molecule has 0 saturated heterocycles. The number of nitrogens with zero attached hydrogens (tertiary/aromatic N) is 1. The van der Waals surface area contributed by atoms with Gasteiger partial charge < -0.3 is 15.2 Å². The highest BCUT2D eigenvalue weighted by Crippen LogP contribution is 2.26. The van der Waals surface area contributed by atoms with Crippen LogP contribution in [0, 0.1) is 6.92 Å². The quantitative estimate of drug-likeness (QED) is 0.852. The Morgan fingerprint density at radius 2 is 2.11 bits per heavy atom. The maximum Gasteiger partial charge on any atom is 0.574 e. The fourth-order valence-corrected chi connectivity index (χ4v) is 1.40. The molecule has 1 heterocycles. The number of carbonyl (C=O) groups is 1. The number of ether oxygens (including phenoxy) is 2. The molecule has 5 nitrogen and oxygen atoms in total. The average Bonchev–Trinajstić information content (AvgIpc) is 2.29. The van der Waals surface area contributed by atoms with E-state index in [0.29, 0.717) is 5.56 Å². The summed E-state index contributed by atoms with van der Waals surface area (Å²) in [4.78, 5) is 15.1. The lowest BCUT2D eigenvalue weighted by molar-refractivity contribution is -0.276. The minimum atomic E-state index is -4.90. The number of pyridine rings is 1. The minimum Gasteiger partial charge on any atom is -0.461 e. The summed E-state index contributed by atoms with van der Waals surface area (Å²) in [5.41, 5.74) is 5.52. The van der Waals surface area contributed by atoms with Gasteiger partial charge in [-0.1, -0.05) is 0 Å². The molecule has 19 heavy (non-hydrogen) atoms. The lowest BCUT2D eigenvalue weighted by Crippen LogP contribution is -2.21. The molecule has 1 aromatic heterocycles. The van der Waals surface area contributed by atoms with Crippen molar-refractivity contribution in [3.05, 3.63) is 22.9 Å². The van der Waals surface area contributed by atoms with E-state index in [1.165, 1.54) is 13.0 Å². The highest BCUT2D eigenvalue weighted by Gasteiger charge is 2.33. The van der Waals surface area contributed by atoms with Crippen molar-refractivity contribution in [2.75, 3.05) is 6.61 Å². The van der Waals surface area contributed by atoms with Crippen LogP contribution in [0.1, 0.15) is 28.5 Å². The Hall–Kier alpha value is -1.83. The van der Waals surface area contributed by atoms with Crippen molar-refractivity contribution in [3.63, 3.8) is 0 Å². The number of aromatic nitrogens is 1. The van der Waals surface area contributed by atoms with Gasteiger partial charge in [0.1, 0.15) is 0 Å². The van der Waals surface area contributed by atoms with Crippen molar-refractivity contribution in [2.45, 2.75) is 26.8 Å². The van der Waals surface area contributed by atoms with Crippen molar-refractivity contribution < 1.29 is 27.4 Å². The zero-order chi connectivity index (χ0) is 14.6. The second-order valence-corrected chi connectivity index (χ2v) is 3.59. The molecule has 8 heteroatoms. The molecule has 0 atom stereocenters. The van der Waals surface area contributed by atoms with E-state index in [0.717, 1.165) is 0 Å². The van der Waals surface area contributed by atoms with Crippen molar-refractivity contribution >= 4 is 5.97 Å². The smallest absolute Gasteiger partial charge is 0.461 e. The van der Waals surface area contributed by atoms with Gasteiger partial charge in [0.2, 0.25) is 5.88 Å². The SMILES string of the molecule is CCOC(=O)c1nc(OC(F)(F)F)c(CN)cc1C. The van der Waals surface area contributed by atoms with E-state index < -0.39 is 18.2 Å². The van der Waals surface area contributed by atoms with Gasteiger partial charge in [-0.3, -0.25) is 0 Å². The van der Waals surface area contributed by atoms with Crippen LogP contribution in [0.4, 0.5) is 13.2 Å². The lowest BCUT2D eigenvalue weighted by Gasteiger charge is -2.14. The predicted molar refractivity (Wildman–Crippen MR) is 59.5 cm³/mol. The molecular formula is C11H13F3N2O3. The van der Waals surface area contributed by atoms with E-state index in [4.69, 9.17) is 10.5 Å². The van der Waals surface area contributed by atoms with Gasteiger partial charge >= 0.3 is 12.3 Å². The molecule has 0 fully saturated rings. The van der Waals surface area contributed by atoms with Crippen molar-refractivity contribution in [2.24, 2.45) is 5.73 Å². The molecule has 0 bridgehead atoms. The second-order valence-electron chi connectivity index (χ2n) is 3.59. The third-order valence-corrected chi connectivity index (χ3v) is 2.15. The molecule has 1 aromatic rings. The molecule has 1 rings (SSSR count). The van der Waals surface area contributed by atoms with Gasteiger partial charge in [-0.25, -0.2) is 9.78 Å². The van der Waals surface area contributed by atoms with Gasteiger partial charge in [0, 0.05) is 12.1 Å². The molecule has 0 unspecified atom stereocenters. The highest BCUT2D eigenvalue weighted by molar-refractivity contribution is 5.89. The summed E-state index contributed by atoms with van der Waals surface area (Å²) < 4.78 is 45.1. The summed E-state index contributed by atoms with van der Waals surface area (Å²) in [7, 11) is 0. The van der Waals surface area contributed by atoms with E-state index in [-0.39, 0.29) is 24.4 Å². The van der Waals surface area contributed by atoms with E-state index in [9.17, 15) is 18.0 Å². The second kappa shape index (κ2) is 5.87. The fourth-order valence-electron chi connectivity index (χ4n) is 1.40. The van der Waals surface area contributed by atoms with Gasteiger partial charge in [-0.2, -0.15) is 0 Å². The summed E-state index contributed by atoms with van der Waals surface area (Å²) >= 11 is 0. The van der Waals surface area contributed by atoms with Crippen LogP contribution in [0.2, 0.25) is 0 Å². The largest absolute Gasteiger partial charge is 0.574 e. The molecule has 0 aliphatic rings. The number of aryl methyl sites for hydroxylation is 1. The molecule has 2 N–H and O–H groups in total. The Balaban J connectivity index is 3.21. The Morgan fingerprint density at radius 1 is 1.47 bits per heavy atom. The third kappa shape index (κ3) is 4.09. The van der Waals surface area contributed by atoms with Crippen LogP contribution in [-0.2, 0) is 11.3 Å². The molecule has 0 aromatic carbocycles. The number of carbonyl (C=O) groups excluding carboxylic acids is 1. The third-order valence-electron chi connectivity index (χ3n) is 2.15. The topological polar surface area (TPSA) is 74.4 Å². The molecule has 0 spiro atoms. The molecular weight excluding hydrogens is 265 g/mol. The van der Waals surface area contributed by atoms with Crippen LogP contribution >= 0.6 is 0 Å². The first-order valence-corrected chi connectivity index (χ1v) is 5.42. The van der Waals surface area contributed by atoms with Crippen LogP contribution < -0.4 is 10.5 Å². The molecule has 0 aliphatic heterocycles. The van der Waals surface area contributed by atoms with Gasteiger partial charge in [-0.05, 0) is 25.5 Å². The first kappa shape index (κ1) is 15.2. The maximum atomic E-state index is 12.2. The Morgan fingerprint density at radius 3 is 2.58 bits per heavy atom. The van der Waals surface area contributed by atoms with Crippen LogP contribution in [0.3, 0.4) is 0 Å². The van der Waals surface area contributed by atoms with E-state index in [1.807, 2.05) is 0 Å². The first-order valence-electron chi connectivity index (χ1n) is 5.42. The minimum absolute atomic E-state index is 0.0582. The number of rotatable bonds is 4. The number of nitrogens with two attached hydrogens (primary N) is 1. The van der Waals surface area contributed by atoms with Gasteiger partial charge in [-0.15, -0.1) is 13.2 Å². The summed E-state index contributed by atoms with van der Waals surface area (Å²) in [6, 6.07) is 1.32. The van der Waals surface area contributed by atoms with Crippen LogP contribution in [-0.4, -0.2) is 23.9 Å². The van der Waals surface area contributed by atoms with Gasteiger partial charge in [0.15, 0.2) is 5.69 Å². The summed E-state index contributed by atoms with van der Waals surface area (Å²) in [5, 5.41) is 0. The highest BCUT2D eigenvalue weighted by atomic mass is 19.4. The van der Waals surface area contributed by atoms with E-state index in [1.54, 1.807) is 6.92 Å². The lowest BCUT2D eigenvalue weighted by atomic mass is 10.1. The number of hydrogen-bond acceptors (Lipinski definition) is 5. The zero-order valence-electron chi connectivity index (χ0n) is 10.4.